The standard InChI is InChI=1S/C72H71N4O.Pt/c1-68(2,3)52-35-36-73-67(44-52)76-63-33-29-53(71(10,11)50-25-19-15-20-26-50)42-62(63)61-32-31-59(46-65(61)76)77-60-41-56(70(7,8)9)40-58(45-60)74-47-75(57-38-49(48-23-17-14-18-24-48)37-55(39-57)69(4,5)6)66-43-54(30-34-64(66)74)72(12,13)51-27-21-16-22-28-51;/h14-44,47H,1-13H3;/q-3;. The minimum absolute atomic E-state index is 0. The number of pyridine rings is 1. The number of anilines is 4. The molecule has 78 heavy (non-hydrogen) atoms. The van der Waals surface area contributed by atoms with Crippen LogP contribution >= 0.6 is 0 Å². The summed E-state index contributed by atoms with van der Waals surface area (Å²) < 4.78 is 9.31. The average molecular weight is 1200 g/mol. The molecule has 0 saturated carbocycles. The summed E-state index contributed by atoms with van der Waals surface area (Å²) in [4.78, 5) is 9.68. The fourth-order valence-corrected chi connectivity index (χ4v) is 10.9. The molecule has 0 amide bonds. The number of ether oxygens (including phenoxy) is 1. The number of benzene rings is 8. The number of nitrogens with zero attached hydrogens (tertiary/aromatic N) is 4. The molecule has 1 aliphatic rings. The first-order valence-corrected chi connectivity index (χ1v) is 27.2. The van der Waals surface area contributed by atoms with E-state index < -0.39 is 0 Å². The predicted octanol–water partition coefficient (Wildman–Crippen LogP) is 19.2. The Balaban J connectivity index is 0.00000688. The van der Waals surface area contributed by atoms with Gasteiger partial charge in [-0.25, -0.2) is 4.98 Å². The van der Waals surface area contributed by atoms with Gasteiger partial charge < -0.3 is 19.1 Å². The topological polar surface area (TPSA) is 33.5 Å². The summed E-state index contributed by atoms with van der Waals surface area (Å²) in [5.74, 6) is 2.05. The number of hydrogen-bond donors (Lipinski definition) is 0. The van der Waals surface area contributed by atoms with Crippen LogP contribution in [-0.2, 0) is 48.1 Å². The maximum atomic E-state index is 7.05. The molecule has 0 fully saturated rings. The first-order chi connectivity index (χ1) is 36.5. The number of fused-ring (bicyclic) bond motifs is 4. The van der Waals surface area contributed by atoms with Gasteiger partial charge in [0.1, 0.15) is 5.82 Å². The third-order valence-corrected chi connectivity index (χ3v) is 16.0. The maximum Gasteiger partial charge on any atom is 0.135 e. The Labute approximate surface area is 478 Å². The van der Waals surface area contributed by atoms with Crippen LogP contribution in [0.2, 0.25) is 0 Å². The van der Waals surface area contributed by atoms with E-state index in [1.165, 1.54) is 44.5 Å². The molecule has 0 atom stereocenters. The molecule has 0 bridgehead atoms. The van der Waals surface area contributed by atoms with Crippen LogP contribution in [0.3, 0.4) is 0 Å². The van der Waals surface area contributed by atoms with Crippen LogP contribution in [0, 0.1) is 18.8 Å². The molecule has 8 aromatic carbocycles. The molecule has 3 heterocycles. The average Bonchev–Trinajstić information content (AvgIpc) is 4.10. The van der Waals surface area contributed by atoms with Crippen LogP contribution in [0.4, 0.5) is 22.7 Å². The number of hydrogen-bond acceptors (Lipinski definition) is 4. The monoisotopic (exact) mass is 1200 g/mol. The van der Waals surface area contributed by atoms with Gasteiger partial charge in [-0.1, -0.05) is 211 Å². The van der Waals surface area contributed by atoms with Crippen LogP contribution in [0.25, 0.3) is 38.8 Å². The Bertz CT molecular complexity index is 3820. The van der Waals surface area contributed by atoms with Gasteiger partial charge in [-0.05, 0) is 109 Å². The zero-order valence-electron chi connectivity index (χ0n) is 47.5. The van der Waals surface area contributed by atoms with Crippen LogP contribution in [-0.4, -0.2) is 9.55 Å². The van der Waals surface area contributed by atoms with Gasteiger partial charge in [0, 0.05) is 72.2 Å². The van der Waals surface area contributed by atoms with Crippen molar-refractivity contribution in [3.63, 3.8) is 0 Å². The summed E-state index contributed by atoms with van der Waals surface area (Å²) in [6.45, 7) is 31.9. The molecular weight excluding hydrogens is 1130 g/mol. The zero-order valence-corrected chi connectivity index (χ0v) is 49.8. The Morgan fingerprint density at radius 3 is 1.64 bits per heavy atom. The van der Waals surface area contributed by atoms with Gasteiger partial charge in [-0.2, -0.15) is 6.07 Å². The Morgan fingerprint density at radius 1 is 0.423 bits per heavy atom. The molecule has 11 rings (SSSR count). The summed E-state index contributed by atoms with van der Waals surface area (Å²) in [5.41, 5.74) is 16.2. The zero-order chi connectivity index (χ0) is 54.2. The van der Waals surface area contributed by atoms with E-state index in [0.29, 0.717) is 11.5 Å². The van der Waals surface area contributed by atoms with Gasteiger partial charge in [0.2, 0.25) is 0 Å². The minimum Gasteiger partial charge on any atom is -0.509 e. The van der Waals surface area contributed by atoms with Gasteiger partial charge in [-0.3, -0.25) is 0 Å². The Kier molecular flexibility index (Phi) is 14.0. The predicted molar refractivity (Wildman–Crippen MR) is 323 cm³/mol. The minimum atomic E-state index is -0.257. The fraction of sp³-hybridized carbons (Fsp3) is 0.250. The third-order valence-electron chi connectivity index (χ3n) is 16.0. The van der Waals surface area contributed by atoms with E-state index in [-0.39, 0.29) is 48.1 Å². The van der Waals surface area contributed by atoms with Crippen molar-refractivity contribution < 1.29 is 25.8 Å². The molecule has 0 aliphatic carbocycles. The molecular formula is C72H71N4OPt-3. The van der Waals surface area contributed by atoms with Crippen molar-refractivity contribution in [3.8, 4) is 28.4 Å². The van der Waals surface area contributed by atoms with Crippen LogP contribution in [0.15, 0.2) is 188 Å². The molecule has 0 spiro atoms. The normalized spacial score (nSPS) is 13.2. The van der Waals surface area contributed by atoms with Crippen LogP contribution in [0.5, 0.6) is 11.5 Å². The fourth-order valence-electron chi connectivity index (χ4n) is 10.9. The molecule has 0 radical (unpaired) electrons. The SMILES string of the molecule is CC(C)(C)c1cc(Oc2[c-]c3c(cc2)c2cc(C(C)(C)c4ccccc4)ccc2n3-c2cc(C(C)(C)C)ccn2)[c-]c(N2[CH-]N(c3cc(-c4ccccc4)cc(C(C)(C)C)c3)c3cc(C(C)(C)c4ccccc4)ccc32)c1.[Pt]. The van der Waals surface area contributed by atoms with E-state index in [9.17, 15) is 0 Å². The van der Waals surface area contributed by atoms with E-state index >= 15 is 0 Å². The van der Waals surface area contributed by atoms with Crippen molar-refractivity contribution in [2.24, 2.45) is 0 Å². The summed E-state index contributed by atoms with van der Waals surface area (Å²) in [7, 11) is 0. The van der Waals surface area contributed by atoms with E-state index in [2.05, 4.69) is 305 Å². The van der Waals surface area contributed by atoms with Crippen molar-refractivity contribution in [3.05, 3.63) is 246 Å². The second-order valence-corrected chi connectivity index (χ2v) is 25.2. The van der Waals surface area contributed by atoms with Crippen molar-refractivity contribution >= 4 is 44.6 Å². The summed E-state index contributed by atoms with van der Waals surface area (Å²) in [5, 5.41) is 2.22. The first kappa shape index (κ1) is 54.2. The molecule has 1 aliphatic heterocycles. The van der Waals surface area contributed by atoms with E-state index in [1.54, 1.807) is 0 Å². The molecule has 6 heteroatoms. The molecule has 10 aromatic rings. The van der Waals surface area contributed by atoms with Crippen molar-refractivity contribution in [1.82, 2.24) is 9.55 Å². The Hall–Kier alpha value is -7.20. The van der Waals surface area contributed by atoms with Gasteiger partial charge >= 0.3 is 0 Å². The second-order valence-electron chi connectivity index (χ2n) is 25.2. The molecule has 0 N–H and O–H groups in total. The second kappa shape index (κ2) is 20.2. The molecule has 398 valence electrons. The summed E-state index contributed by atoms with van der Waals surface area (Å²) in [6, 6.07) is 73.8. The van der Waals surface area contributed by atoms with Gasteiger partial charge in [0.15, 0.2) is 0 Å². The van der Waals surface area contributed by atoms with E-state index in [0.717, 1.165) is 55.9 Å². The van der Waals surface area contributed by atoms with Gasteiger partial charge in [-0.15, -0.1) is 53.6 Å². The summed E-state index contributed by atoms with van der Waals surface area (Å²) in [6.07, 6.45) is 1.93. The van der Waals surface area contributed by atoms with Crippen molar-refractivity contribution in [2.75, 3.05) is 9.80 Å². The van der Waals surface area contributed by atoms with Crippen LogP contribution < -0.4 is 14.5 Å². The molecule has 2 aromatic heterocycles. The number of aromatic nitrogens is 2. The Morgan fingerprint density at radius 2 is 1.01 bits per heavy atom. The quantitative estimate of drug-likeness (QED) is 0.128. The van der Waals surface area contributed by atoms with Crippen molar-refractivity contribution in [2.45, 2.75) is 117 Å². The van der Waals surface area contributed by atoms with Gasteiger partial charge in [0.05, 0.1) is 0 Å². The largest absolute Gasteiger partial charge is 0.509 e. The third kappa shape index (κ3) is 10.2. The van der Waals surface area contributed by atoms with Crippen molar-refractivity contribution in [1.29, 1.82) is 0 Å². The first-order valence-electron chi connectivity index (χ1n) is 27.2. The summed E-state index contributed by atoms with van der Waals surface area (Å²) >= 11 is 0. The smallest absolute Gasteiger partial charge is 0.135 e. The molecule has 0 saturated heterocycles. The van der Waals surface area contributed by atoms with Gasteiger partial charge in [0.25, 0.3) is 0 Å². The molecule has 0 unspecified atom stereocenters. The van der Waals surface area contributed by atoms with E-state index in [1.807, 2.05) is 6.20 Å². The van der Waals surface area contributed by atoms with Crippen LogP contribution in [0.1, 0.15) is 129 Å². The number of rotatable bonds is 10. The maximum absolute atomic E-state index is 7.05. The molecule has 5 nitrogen and oxygen atoms in total. The van der Waals surface area contributed by atoms with E-state index in [4.69, 9.17) is 9.72 Å².